The van der Waals surface area contributed by atoms with E-state index in [0.29, 0.717) is 18.1 Å². The fraction of sp³-hybridized carbons (Fsp3) is 0.238. The van der Waals surface area contributed by atoms with Gasteiger partial charge in [-0.2, -0.15) is 0 Å². The lowest BCUT2D eigenvalue weighted by atomic mass is 10.1. The molecule has 0 aliphatic carbocycles. The highest BCUT2D eigenvalue weighted by Crippen LogP contribution is 2.27. The monoisotopic (exact) mass is 408 g/mol. The Balaban J connectivity index is 1.39. The Morgan fingerprint density at radius 2 is 1.93 bits per heavy atom. The van der Waals surface area contributed by atoms with Gasteiger partial charge in [-0.05, 0) is 18.2 Å². The molecule has 1 aromatic heterocycles. The summed E-state index contributed by atoms with van der Waals surface area (Å²) in [6.07, 6.45) is 0.759. The van der Waals surface area contributed by atoms with Crippen LogP contribution in [0.5, 0.6) is 5.75 Å². The van der Waals surface area contributed by atoms with Crippen molar-refractivity contribution in [1.29, 1.82) is 0 Å². The Morgan fingerprint density at radius 3 is 2.72 bits per heavy atom. The van der Waals surface area contributed by atoms with E-state index in [1.165, 1.54) is 11.3 Å². The van der Waals surface area contributed by atoms with Gasteiger partial charge in [-0.25, -0.2) is 0 Å². The average Bonchev–Trinajstić information content (AvgIpc) is 3.35. The minimum absolute atomic E-state index is 0.0505. The van der Waals surface area contributed by atoms with Gasteiger partial charge < -0.3 is 15.0 Å². The van der Waals surface area contributed by atoms with E-state index in [2.05, 4.69) is 15.5 Å². The van der Waals surface area contributed by atoms with E-state index >= 15 is 0 Å². The molecular formula is C21H20N4O3S. The first-order chi connectivity index (χ1) is 14.1. The van der Waals surface area contributed by atoms with Gasteiger partial charge in [-0.15, -0.1) is 10.2 Å². The van der Waals surface area contributed by atoms with Crippen LogP contribution in [0.4, 0.5) is 10.8 Å². The lowest BCUT2D eigenvalue weighted by molar-refractivity contribution is -0.122. The van der Waals surface area contributed by atoms with Crippen LogP contribution < -0.4 is 15.0 Å². The van der Waals surface area contributed by atoms with Crippen molar-refractivity contribution in [3.05, 3.63) is 65.2 Å². The van der Waals surface area contributed by atoms with Gasteiger partial charge in [0.05, 0.1) is 13.0 Å². The molecule has 1 atom stereocenters. The molecule has 0 saturated carbocycles. The molecule has 0 bridgehead atoms. The number of anilines is 2. The molecule has 1 fully saturated rings. The van der Waals surface area contributed by atoms with Crippen LogP contribution in [-0.4, -0.2) is 35.7 Å². The third kappa shape index (κ3) is 4.27. The number of para-hydroxylation sites is 2. The fourth-order valence-electron chi connectivity index (χ4n) is 3.34. The number of amides is 2. The van der Waals surface area contributed by atoms with Crippen LogP contribution in [0.25, 0.3) is 0 Å². The third-order valence-electron chi connectivity index (χ3n) is 4.79. The molecule has 0 spiro atoms. The molecule has 1 aliphatic rings. The van der Waals surface area contributed by atoms with Crippen molar-refractivity contribution in [2.75, 3.05) is 23.9 Å². The summed E-state index contributed by atoms with van der Waals surface area (Å²) in [5.74, 6) is 0.116. The van der Waals surface area contributed by atoms with Crippen molar-refractivity contribution in [2.24, 2.45) is 5.92 Å². The Bertz CT molecular complexity index is 1020. The van der Waals surface area contributed by atoms with Crippen molar-refractivity contribution >= 4 is 34.0 Å². The second kappa shape index (κ2) is 8.40. The summed E-state index contributed by atoms with van der Waals surface area (Å²) in [4.78, 5) is 26.6. The Labute approximate surface area is 172 Å². The van der Waals surface area contributed by atoms with Crippen LogP contribution in [-0.2, 0) is 16.0 Å². The predicted octanol–water partition coefficient (Wildman–Crippen LogP) is 3.13. The van der Waals surface area contributed by atoms with Crippen LogP contribution in [0.15, 0.2) is 54.6 Å². The predicted molar refractivity (Wildman–Crippen MR) is 111 cm³/mol. The van der Waals surface area contributed by atoms with Gasteiger partial charge in [-0.3, -0.25) is 9.59 Å². The van der Waals surface area contributed by atoms with Gasteiger partial charge in [0, 0.05) is 30.6 Å². The lowest BCUT2D eigenvalue weighted by Crippen LogP contribution is -2.28. The first-order valence-corrected chi connectivity index (χ1v) is 10.1. The number of hydrogen-bond donors (Lipinski definition) is 1. The molecule has 148 valence electrons. The number of carbonyl (C=O) groups excluding carboxylic acids is 2. The number of nitrogens with zero attached hydrogens (tertiary/aromatic N) is 3. The summed E-state index contributed by atoms with van der Waals surface area (Å²) in [6.45, 7) is 0.363. The number of carbonyl (C=O) groups is 2. The molecule has 1 N–H and O–H groups in total. The number of nitrogens with one attached hydrogen (secondary N) is 1. The summed E-state index contributed by atoms with van der Waals surface area (Å²) in [7, 11) is 1.63. The summed E-state index contributed by atoms with van der Waals surface area (Å²) in [5.41, 5.74) is 1.81. The maximum absolute atomic E-state index is 12.6. The molecule has 2 heterocycles. The van der Waals surface area contributed by atoms with Gasteiger partial charge in [0.15, 0.2) is 0 Å². The topological polar surface area (TPSA) is 84.4 Å². The van der Waals surface area contributed by atoms with E-state index in [4.69, 9.17) is 4.74 Å². The highest BCUT2D eigenvalue weighted by molar-refractivity contribution is 7.15. The van der Waals surface area contributed by atoms with Gasteiger partial charge >= 0.3 is 0 Å². The van der Waals surface area contributed by atoms with Crippen molar-refractivity contribution in [1.82, 2.24) is 10.2 Å². The van der Waals surface area contributed by atoms with Crippen LogP contribution in [0.3, 0.4) is 0 Å². The Morgan fingerprint density at radius 1 is 1.17 bits per heavy atom. The number of rotatable bonds is 6. The molecule has 2 aromatic carbocycles. The van der Waals surface area contributed by atoms with Crippen LogP contribution in [0.2, 0.25) is 0 Å². The average molecular weight is 408 g/mol. The zero-order valence-corrected chi connectivity index (χ0v) is 16.7. The highest BCUT2D eigenvalue weighted by atomic mass is 32.1. The molecule has 3 aromatic rings. The van der Waals surface area contributed by atoms with Gasteiger partial charge in [0.1, 0.15) is 10.8 Å². The normalized spacial score (nSPS) is 16.1. The van der Waals surface area contributed by atoms with Crippen molar-refractivity contribution in [3.63, 3.8) is 0 Å². The minimum Gasteiger partial charge on any atom is -0.496 e. The van der Waals surface area contributed by atoms with Crippen molar-refractivity contribution < 1.29 is 14.3 Å². The van der Waals surface area contributed by atoms with Crippen LogP contribution in [0, 0.1) is 5.92 Å². The molecule has 29 heavy (non-hydrogen) atoms. The molecule has 0 radical (unpaired) electrons. The van der Waals surface area contributed by atoms with Gasteiger partial charge in [-0.1, -0.05) is 47.7 Å². The molecule has 1 saturated heterocycles. The van der Waals surface area contributed by atoms with Gasteiger partial charge in [0.2, 0.25) is 16.9 Å². The zero-order valence-electron chi connectivity index (χ0n) is 15.9. The van der Waals surface area contributed by atoms with Crippen molar-refractivity contribution in [3.8, 4) is 5.75 Å². The first kappa shape index (κ1) is 19.1. The third-order valence-corrected chi connectivity index (χ3v) is 5.63. The number of methoxy groups -OCH3 is 1. The summed E-state index contributed by atoms with van der Waals surface area (Å²) >= 11 is 1.32. The number of benzene rings is 2. The molecule has 8 heteroatoms. The maximum atomic E-state index is 12.6. The maximum Gasteiger partial charge on any atom is 0.231 e. The smallest absolute Gasteiger partial charge is 0.231 e. The zero-order chi connectivity index (χ0) is 20.2. The van der Waals surface area contributed by atoms with E-state index in [1.807, 2.05) is 54.6 Å². The van der Waals surface area contributed by atoms with Crippen LogP contribution in [0.1, 0.15) is 17.0 Å². The van der Waals surface area contributed by atoms with Crippen LogP contribution >= 0.6 is 11.3 Å². The van der Waals surface area contributed by atoms with E-state index in [1.54, 1.807) is 12.0 Å². The van der Waals surface area contributed by atoms with E-state index < -0.39 is 5.92 Å². The van der Waals surface area contributed by atoms with E-state index in [-0.39, 0.29) is 18.2 Å². The fourth-order valence-corrected chi connectivity index (χ4v) is 4.10. The molecule has 0 unspecified atom stereocenters. The summed E-state index contributed by atoms with van der Waals surface area (Å²) in [6, 6.07) is 17.1. The second-order valence-corrected chi connectivity index (χ2v) is 7.78. The molecule has 2 amide bonds. The number of aromatic nitrogens is 2. The van der Waals surface area contributed by atoms with Gasteiger partial charge in [0.25, 0.3) is 0 Å². The quantitative estimate of drug-likeness (QED) is 0.677. The SMILES string of the molecule is COc1ccccc1Cc1nnc(NC(=O)[C@@H]2CC(=O)N(c3ccccc3)C2)s1. The van der Waals surface area contributed by atoms with E-state index in [9.17, 15) is 9.59 Å². The Kier molecular flexibility index (Phi) is 5.53. The first-order valence-electron chi connectivity index (χ1n) is 9.24. The second-order valence-electron chi connectivity index (χ2n) is 6.72. The summed E-state index contributed by atoms with van der Waals surface area (Å²) < 4.78 is 5.36. The molecule has 7 nitrogen and oxygen atoms in total. The highest BCUT2D eigenvalue weighted by Gasteiger charge is 2.35. The molecule has 1 aliphatic heterocycles. The summed E-state index contributed by atoms with van der Waals surface area (Å²) in [5, 5.41) is 12.3. The number of hydrogen-bond acceptors (Lipinski definition) is 6. The molecular weight excluding hydrogens is 388 g/mol. The van der Waals surface area contributed by atoms with Crippen molar-refractivity contribution in [2.45, 2.75) is 12.8 Å². The molecule has 4 rings (SSSR count). The standard InChI is InChI=1S/C21H20N4O3S/c1-28-17-10-6-5-7-14(17)11-18-23-24-21(29-18)22-20(27)15-12-19(26)25(13-15)16-8-3-2-4-9-16/h2-10,15H,11-13H2,1H3,(H,22,24,27)/t15-/m1/s1. The Hall–Kier alpha value is -3.26. The largest absolute Gasteiger partial charge is 0.496 e. The minimum atomic E-state index is -0.413. The lowest BCUT2D eigenvalue weighted by Gasteiger charge is -2.16. The number of ether oxygens (including phenoxy) is 1. The van der Waals surface area contributed by atoms with E-state index in [0.717, 1.165) is 22.0 Å².